The maximum atomic E-state index is 14.1. The Kier molecular flexibility index (Phi) is 4.42. The highest BCUT2D eigenvalue weighted by molar-refractivity contribution is 5.53. The Balaban J connectivity index is 1.74. The van der Waals surface area contributed by atoms with Crippen LogP contribution in [0.3, 0.4) is 0 Å². The molecule has 0 radical (unpaired) electrons. The maximum Gasteiger partial charge on any atom is 0.145 e. The first-order chi connectivity index (χ1) is 10.9. The third-order valence-corrected chi connectivity index (χ3v) is 4.81. The summed E-state index contributed by atoms with van der Waals surface area (Å²) >= 11 is 0. The molecule has 0 bridgehead atoms. The lowest BCUT2D eigenvalue weighted by atomic mass is 9.93. The summed E-state index contributed by atoms with van der Waals surface area (Å²) < 4.78 is 14.1. The number of alkyl halides is 1. The molecule has 2 aliphatic rings. The summed E-state index contributed by atoms with van der Waals surface area (Å²) in [6, 6.07) is 2.14. The van der Waals surface area contributed by atoms with Crippen molar-refractivity contribution in [3.8, 4) is 0 Å². The topological polar surface area (TPSA) is 55.7 Å². The molecule has 0 saturated carbocycles. The fraction of sp³-hybridized carbons (Fsp3) is 0.750. The van der Waals surface area contributed by atoms with Crippen molar-refractivity contribution in [2.45, 2.75) is 37.6 Å². The highest BCUT2D eigenvalue weighted by atomic mass is 19.1. The van der Waals surface area contributed by atoms with E-state index < -0.39 is 5.67 Å². The van der Waals surface area contributed by atoms with Gasteiger partial charge in [0.25, 0.3) is 0 Å². The second-order valence-electron chi connectivity index (χ2n) is 7.05. The van der Waals surface area contributed by atoms with E-state index >= 15 is 0 Å². The Morgan fingerprint density at radius 1 is 1.35 bits per heavy atom. The van der Waals surface area contributed by atoms with Gasteiger partial charge in [0.1, 0.15) is 23.6 Å². The molecule has 0 unspecified atom stereocenters. The van der Waals surface area contributed by atoms with Crippen molar-refractivity contribution in [3.63, 3.8) is 0 Å². The van der Waals surface area contributed by atoms with Crippen LogP contribution in [0.15, 0.2) is 12.4 Å². The number of hydrogen-bond acceptors (Lipinski definition) is 6. The third kappa shape index (κ3) is 3.40. The standard InChI is InChI=1S/C16H26FN5O/c1-4-16(17)9-21(10-16)14-6-15(19-11-18-14)22-8-13(23)5-12(22)7-20(2)3/h6,11-13,23H,4-5,7-10H2,1-3H3/t12-,13-/m1/s1. The average molecular weight is 323 g/mol. The van der Waals surface area contributed by atoms with Crippen molar-refractivity contribution >= 4 is 11.6 Å². The van der Waals surface area contributed by atoms with E-state index in [4.69, 9.17) is 0 Å². The first kappa shape index (κ1) is 16.4. The summed E-state index contributed by atoms with van der Waals surface area (Å²) in [5.74, 6) is 1.58. The molecule has 3 heterocycles. The minimum absolute atomic E-state index is 0.232. The van der Waals surface area contributed by atoms with E-state index in [1.165, 1.54) is 6.33 Å². The van der Waals surface area contributed by atoms with Gasteiger partial charge in [0.05, 0.1) is 19.2 Å². The average Bonchev–Trinajstić information content (AvgIpc) is 2.84. The van der Waals surface area contributed by atoms with E-state index in [9.17, 15) is 9.50 Å². The van der Waals surface area contributed by atoms with Crippen LogP contribution < -0.4 is 9.80 Å². The van der Waals surface area contributed by atoms with Gasteiger partial charge < -0.3 is 19.8 Å². The molecule has 1 aromatic rings. The monoisotopic (exact) mass is 323 g/mol. The highest BCUT2D eigenvalue weighted by Gasteiger charge is 2.42. The molecule has 2 aliphatic heterocycles. The maximum absolute atomic E-state index is 14.1. The van der Waals surface area contributed by atoms with Gasteiger partial charge in [-0.15, -0.1) is 0 Å². The molecule has 2 saturated heterocycles. The van der Waals surface area contributed by atoms with Gasteiger partial charge in [0.2, 0.25) is 0 Å². The first-order valence-electron chi connectivity index (χ1n) is 8.25. The summed E-state index contributed by atoms with van der Waals surface area (Å²) in [6.45, 7) is 4.11. The Hall–Kier alpha value is -1.47. The minimum atomic E-state index is -1.08. The Morgan fingerprint density at radius 3 is 2.70 bits per heavy atom. The number of aliphatic hydroxyl groups is 1. The summed E-state index contributed by atoms with van der Waals surface area (Å²) in [5, 5.41) is 10.0. The lowest BCUT2D eigenvalue weighted by Crippen LogP contribution is -2.59. The normalized spacial score (nSPS) is 26.7. The number of anilines is 2. The van der Waals surface area contributed by atoms with Crippen molar-refractivity contribution in [1.82, 2.24) is 14.9 Å². The number of aromatic nitrogens is 2. The van der Waals surface area contributed by atoms with Crippen molar-refractivity contribution in [2.24, 2.45) is 0 Å². The Morgan fingerprint density at radius 2 is 2.04 bits per heavy atom. The smallest absolute Gasteiger partial charge is 0.145 e. The van der Waals surface area contributed by atoms with Crippen LogP contribution in [-0.2, 0) is 0 Å². The van der Waals surface area contributed by atoms with Crippen molar-refractivity contribution in [2.75, 3.05) is 50.1 Å². The Labute approximate surface area is 136 Å². The van der Waals surface area contributed by atoms with Crippen LogP contribution in [-0.4, -0.2) is 78.1 Å². The Bertz CT molecular complexity index is 549. The number of halogens is 1. The van der Waals surface area contributed by atoms with Crippen LogP contribution in [0.1, 0.15) is 19.8 Å². The first-order valence-corrected chi connectivity index (χ1v) is 8.25. The quantitative estimate of drug-likeness (QED) is 0.869. The van der Waals surface area contributed by atoms with Crippen LogP contribution in [0.25, 0.3) is 0 Å². The number of nitrogens with zero attached hydrogens (tertiary/aromatic N) is 5. The summed E-state index contributed by atoms with van der Waals surface area (Å²) in [4.78, 5) is 14.9. The molecule has 2 fully saturated rings. The lowest BCUT2D eigenvalue weighted by molar-refractivity contribution is 0.115. The molecule has 7 heteroatoms. The molecule has 3 rings (SSSR count). The van der Waals surface area contributed by atoms with Gasteiger partial charge in [-0.1, -0.05) is 6.92 Å². The zero-order chi connectivity index (χ0) is 16.6. The number of aliphatic hydroxyl groups excluding tert-OH is 1. The zero-order valence-corrected chi connectivity index (χ0v) is 14.1. The SMILES string of the molecule is CCC1(F)CN(c2cc(N3C[C@H](O)C[C@@H]3CN(C)C)ncn2)C1. The van der Waals surface area contributed by atoms with Crippen molar-refractivity contribution < 1.29 is 9.50 Å². The van der Waals surface area contributed by atoms with Gasteiger partial charge in [-0.25, -0.2) is 14.4 Å². The summed E-state index contributed by atoms with van der Waals surface area (Å²) in [5.41, 5.74) is -1.08. The van der Waals surface area contributed by atoms with E-state index in [2.05, 4.69) is 19.8 Å². The van der Waals surface area contributed by atoms with Gasteiger partial charge in [-0.2, -0.15) is 0 Å². The molecule has 6 nitrogen and oxygen atoms in total. The number of hydrogen-bond donors (Lipinski definition) is 1. The fourth-order valence-electron chi connectivity index (χ4n) is 3.46. The van der Waals surface area contributed by atoms with Crippen LogP contribution in [0.2, 0.25) is 0 Å². The van der Waals surface area contributed by atoms with Crippen LogP contribution in [0.5, 0.6) is 0 Å². The molecule has 0 aromatic carbocycles. The molecule has 0 amide bonds. The van der Waals surface area contributed by atoms with Gasteiger partial charge in [0.15, 0.2) is 0 Å². The molecule has 0 aliphatic carbocycles. The van der Waals surface area contributed by atoms with Gasteiger partial charge >= 0.3 is 0 Å². The molecule has 23 heavy (non-hydrogen) atoms. The third-order valence-electron chi connectivity index (χ3n) is 4.81. The van der Waals surface area contributed by atoms with E-state index in [1.54, 1.807) is 0 Å². The predicted octanol–water partition coefficient (Wildman–Crippen LogP) is 0.916. The summed E-state index contributed by atoms with van der Waals surface area (Å²) in [6.07, 6.45) is 2.47. The molecule has 128 valence electrons. The molecule has 0 spiro atoms. The van der Waals surface area contributed by atoms with Gasteiger partial charge in [0, 0.05) is 25.2 Å². The van der Waals surface area contributed by atoms with Crippen LogP contribution in [0, 0.1) is 0 Å². The van der Waals surface area contributed by atoms with Gasteiger partial charge in [-0.05, 0) is 26.9 Å². The second-order valence-corrected chi connectivity index (χ2v) is 7.05. The lowest BCUT2D eigenvalue weighted by Gasteiger charge is -2.44. The number of likely N-dealkylation sites (N-methyl/N-ethyl adjacent to an activating group) is 1. The van der Waals surface area contributed by atoms with E-state index in [0.29, 0.717) is 26.1 Å². The number of β-amino-alcohol motifs (C(OH)–C–C–N with tert-alkyl or cyclic N) is 1. The van der Waals surface area contributed by atoms with Gasteiger partial charge in [-0.3, -0.25) is 0 Å². The van der Waals surface area contributed by atoms with E-state index in [-0.39, 0.29) is 12.1 Å². The molecular formula is C16H26FN5O. The van der Waals surface area contributed by atoms with Crippen LogP contribution >= 0.6 is 0 Å². The zero-order valence-electron chi connectivity index (χ0n) is 14.1. The van der Waals surface area contributed by atoms with E-state index in [1.807, 2.05) is 32.0 Å². The second kappa shape index (κ2) is 6.20. The fourth-order valence-corrected chi connectivity index (χ4v) is 3.46. The number of rotatable bonds is 5. The molecule has 2 atom stereocenters. The van der Waals surface area contributed by atoms with Crippen LogP contribution in [0.4, 0.5) is 16.0 Å². The summed E-state index contributed by atoms with van der Waals surface area (Å²) in [7, 11) is 4.06. The predicted molar refractivity (Wildman–Crippen MR) is 88.7 cm³/mol. The van der Waals surface area contributed by atoms with Crippen molar-refractivity contribution in [1.29, 1.82) is 0 Å². The van der Waals surface area contributed by atoms with Crippen molar-refractivity contribution in [3.05, 3.63) is 12.4 Å². The molecule has 1 N–H and O–H groups in total. The molecule has 1 aromatic heterocycles. The molecular weight excluding hydrogens is 297 g/mol. The largest absolute Gasteiger partial charge is 0.391 e. The van der Waals surface area contributed by atoms with E-state index in [0.717, 1.165) is 24.6 Å². The minimum Gasteiger partial charge on any atom is -0.391 e. The highest BCUT2D eigenvalue weighted by Crippen LogP contribution is 2.33.